The number of hydrogen-bond donors (Lipinski definition) is 2. The van der Waals surface area contributed by atoms with Crippen molar-refractivity contribution in [3.05, 3.63) is 52.6 Å². The fraction of sp³-hybridized carbons (Fsp3) is 0.391. The van der Waals surface area contributed by atoms with Crippen molar-refractivity contribution in [3.63, 3.8) is 0 Å². The van der Waals surface area contributed by atoms with Crippen LogP contribution in [0, 0.1) is 6.92 Å². The Morgan fingerprint density at radius 3 is 2.71 bits per heavy atom. The van der Waals surface area contributed by atoms with Crippen molar-refractivity contribution in [3.8, 4) is 17.1 Å². The Morgan fingerprint density at radius 2 is 2.03 bits per heavy atom. The predicted octanol–water partition coefficient (Wildman–Crippen LogP) is 2.98. The van der Waals surface area contributed by atoms with E-state index < -0.39 is 10.0 Å². The van der Waals surface area contributed by atoms with E-state index in [-0.39, 0.29) is 28.0 Å². The van der Waals surface area contributed by atoms with E-state index in [9.17, 15) is 13.2 Å². The van der Waals surface area contributed by atoms with Crippen LogP contribution < -0.4 is 15.0 Å². The van der Waals surface area contributed by atoms with Crippen LogP contribution in [0.4, 0.5) is 5.69 Å². The molecule has 0 atom stereocenters. The third kappa shape index (κ3) is 4.29. The van der Waals surface area contributed by atoms with Crippen molar-refractivity contribution < 1.29 is 13.2 Å². The number of benzene rings is 1. The second kappa shape index (κ2) is 8.84. The van der Waals surface area contributed by atoms with Gasteiger partial charge in [0.05, 0.1) is 24.2 Å². The van der Waals surface area contributed by atoms with Crippen LogP contribution >= 0.6 is 0 Å². The number of imidazole rings is 2. The molecule has 0 bridgehead atoms. The van der Waals surface area contributed by atoms with Crippen LogP contribution in [0.25, 0.3) is 16.9 Å². The first-order chi connectivity index (χ1) is 16.8. The van der Waals surface area contributed by atoms with Gasteiger partial charge in [-0.05, 0) is 44.9 Å². The second-order valence-electron chi connectivity index (χ2n) is 8.73. The Kier molecular flexibility index (Phi) is 5.83. The first kappa shape index (κ1) is 23.1. The summed E-state index contributed by atoms with van der Waals surface area (Å²) >= 11 is 0. The lowest BCUT2D eigenvalue weighted by Crippen LogP contribution is -2.17. The van der Waals surface area contributed by atoms with Crippen molar-refractivity contribution in [2.45, 2.75) is 50.5 Å². The first-order valence-corrected chi connectivity index (χ1v) is 13.0. The molecule has 0 radical (unpaired) electrons. The normalized spacial score (nSPS) is 14.6. The highest BCUT2D eigenvalue weighted by Crippen LogP contribution is 2.35. The van der Waals surface area contributed by atoms with Crippen molar-refractivity contribution in [1.82, 2.24) is 29.1 Å². The molecule has 0 spiro atoms. The van der Waals surface area contributed by atoms with Crippen LogP contribution in [0.1, 0.15) is 50.0 Å². The van der Waals surface area contributed by atoms with Crippen molar-refractivity contribution in [1.29, 1.82) is 0 Å². The number of aromatic amines is 1. The number of rotatable bonds is 7. The van der Waals surface area contributed by atoms with E-state index >= 15 is 0 Å². The Hall–Kier alpha value is -3.67. The Balaban J connectivity index is 1.62. The fourth-order valence-corrected chi connectivity index (χ4v) is 5.59. The molecule has 1 aromatic carbocycles. The maximum Gasteiger partial charge on any atom is 0.280 e. The van der Waals surface area contributed by atoms with Gasteiger partial charge in [0, 0.05) is 24.8 Å². The molecule has 0 aliphatic heterocycles. The summed E-state index contributed by atoms with van der Waals surface area (Å²) in [6, 6.07) is 4.84. The van der Waals surface area contributed by atoms with Crippen molar-refractivity contribution >= 4 is 21.2 Å². The van der Waals surface area contributed by atoms with Gasteiger partial charge in [-0.3, -0.25) is 9.52 Å². The molecule has 3 aromatic heterocycles. The summed E-state index contributed by atoms with van der Waals surface area (Å²) in [5.74, 6) is 1.77. The summed E-state index contributed by atoms with van der Waals surface area (Å²) in [5.41, 5.74) is 1.48. The van der Waals surface area contributed by atoms with E-state index in [2.05, 4.69) is 19.7 Å². The standard InChI is InChI=1S/C23H27N7O4S/c1-4-34-18-10-9-16(28-35(32,33)19-12-29(3)13-24-19)11-17(18)21-26-23(31)20-14(2)25-22(30(20)27-21)15-7-5-6-8-15/h9-13,15,28H,4-8H2,1-3H3,(H,26,27,31). The van der Waals surface area contributed by atoms with E-state index in [0.29, 0.717) is 29.1 Å². The molecule has 1 aliphatic carbocycles. The van der Waals surface area contributed by atoms with Crippen LogP contribution in [0.3, 0.4) is 0 Å². The lowest BCUT2D eigenvalue weighted by atomic mass is 10.1. The van der Waals surface area contributed by atoms with E-state index in [1.165, 1.54) is 12.5 Å². The van der Waals surface area contributed by atoms with Crippen LogP contribution in [-0.4, -0.2) is 44.2 Å². The second-order valence-corrected chi connectivity index (χ2v) is 10.4. The highest BCUT2D eigenvalue weighted by Gasteiger charge is 2.25. The lowest BCUT2D eigenvalue weighted by molar-refractivity contribution is 0.341. The van der Waals surface area contributed by atoms with Crippen LogP contribution in [0.5, 0.6) is 5.75 Å². The van der Waals surface area contributed by atoms with Gasteiger partial charge in [-0.2, -0.15) is 8.42 Å². The number of ether oxygens (including phenoxy) is 1. The van der Waals surface area contributed by atoms with Crippen LogP contribution in [-0.2, 0) is 17.1 Å². The molecule has 12 heteroatoms. The highest BCUT2D eigenvalue weighted by molar-refractivity contribution is 7.92. The number of aromatic nitrogens is 6. The Labute approximate surface area is 202 Å². The molecule has 1 aliphatic rings. The van der Waals surface area contributed by atoms with Gasteiger partial charge < -0.3 is 14.3 Å². The number of hydrogen-bond acceptors (Lipinski definition) is 7. The molecule has 35 heavy (non-hydrogen) atoms. The predicted molar refractivity (Wildman–Crippen MR) is 130 cm³/mol. The summed E-state index contributed by atoms with van der Waals surface area (Å²) in [5, 5.41) is 4.64. The molecule has 4 aromatic rings. The summed E-state index contributed by atoms with van der Waals surface area (Å²) in [6.45, 7) is 4.04. The van der Waals surface area contributed by atoms with E-state index in [4.69, 9.17) is 9.84 Å². The third-order valence-electron chi connectivity index (χ3n) is 6.16. The molecule has 0 amide bonds. The monoisotopic (exact) mass is 497 g/mol. The maximum atomic E-state index is 13.1. The molecule has 0 saturated heterocycles. The number of anilines is 1. The van der Waals surface area contributed by atoms with Crippen LogP contribution in [0.15, 0.2) is 40.5 Å². The van der Waals surface area contributed by atoms with Gasteiger partial charge in [0.1, 0.15) is 11.6 Å². The number of aryl methyl sites for hydroxylation is 2. The molecule has 11 nitrogen and oxygen atoms in total. The van der Waals surface area contributed by atoms with Crippen molar-refractivity contribution in [2.75, 3.05) is 11.3 Å². The van der Waals surface area contributed by atoms with E-state index in [1.54, 1.807) is 34.3 Å². The average Bonchev–Trinajstić information content (AvgIpc) is 3.55. The molecule has 0 unspecified atom stereocenters. The highest BCUT2D eigenvalue weighted by atomic mass is 32.2. The van der Waals surface area contributed by atoms with Gasteiger partial charge in [-0.1, -0.05) is 12.8 Å². The lowest BCUT2D eigenvalue weighted by Gasteiger charge is -2.14. The number of nitrogens with zero attached hydrogens (tertiary/aromatic N) is 5. The molecule has 2 N–H and O–H groups in total. The summed E-state index contributed by atoms with van der Waals surface area (Å²) in [6.07, 6.45) is 7.10. The molecule has 3 heterocycles. The molecule has 184 valence electrons. The Bertz CT molecular complexity index is 1560. The number of H-pyrrole nitrogens is 1. The minimum Gasteiger partial charge on any atom is -0.493 e. The minimum absolute atomic E-state index is 0.0986. The number of fused-ring (bicyclic) bond motifs is 1. The third-order valence-corrected chi connectivity index (χ3v) is 7.43. The summed E-state index contributed by atoms with van der Waals surface area (Å²) in [7, 11) is -2.21. The molecular weight excluding hydrogens is 470 g/mol. The number of sulfonamides is 1. The topological polar surface area (TPSA) is 136 Å². The van der Waals surface area contributed by atoms with Gasteiger partial charge in [-0.15, -0.1) is 5.10 Å². The molecular formula is C23H27N7O4S. The summed E-state index contributed by atoms with van der Waals surface area (Å²) < 4.78 is 37.1. The van der Waals surface area contributed by atoms with Gasteiger partial charge >= 0.3 is 0 Å². The zero-order chi connectivity index (χ0) is 24.7. The largest absolute Gasteiger partial charge is 0.493 e. The molecule has 1 saturated carbocycles. The quantitative estimate of drug-likeness (QED) is 0.400. The Morgan fingerprint density at radius 1 is 1.26 bits per heavy atom. The van der Waals surface area contributed by atoms with Crippen molar-refractivity contribution in [2.24, 2.45) is 7.05 Å². The first-order valence-electron chi connectivity index (χ1n) is 11.5. The van der Waals surface area contributed by atoms with Gasteiger partial charge in [0.25, 0.3) is 15.6 Å². The van der Waals surface area contributed by atoms with Gasteiger partial charge in [0.2, 0.25) is 0 Å². The minimum atomic E-state index is -3.90. The summed E-state index contributed by atoms with van der Waals surface area (Å²) in [4.78, 5) is 24.5. The van der Waals surface area contributed by atoms with Gasteiger partial charge in [-0.25, -0.2) is 14.5 Å². The smallest absolute Gasteiger partial charge is 0.280 e. The molecule has 5 rings (SSSR count). The van der Waals surface area contributed by atoms with Crippen LogP contribution in [0.2, 0.25) is 0 Å². The fourth-order valence-electron chi connectivity index (χ4n) is 4.56. The SMILES string of the molecule is CCOc1ccc(NS(=O)(=O)c2cn(C)cn2)cc1-c1nn2c(C3CCCC3)nc(C)c2c(=O)[nH]1. The maximum absolute atomic E-state index is 13.1. The van der Waals surface area contributed by atoms with E-state index in [1.807, 2.05) is 13.8 Å². The average molecular weight is 498 g/mol. The number of nitrogens with one attached hydrogen (secondary N) is 2. The van der Waals surface area contributed by atoms with E-state index in [0.717, 1.165) is 31.5 Å². The molecule has 1 fully saturated rings. The zero-order valence-electron chi connectivity index (χ0n) is 19.8. The zero-order valence-corrected chi connectivity index (χ0v) is 20.6. The van der Waals surface area contributed by atoms with Gasteiger partial charge in [0.15, 0.2) is 16.4 Å².